The average molecular weight is 201 g/mol. The molecule has 0 aromatic heterocycles. The Morgan fingerprint density at radius 1 is 1.64 bits per heavy atom. The molecule has 0 spiro atoms. The molecule has 14 heavy (non-hydrogen) atoms. The van der Waals surface area contributed by atoms with E-state index < -0.39 is 6.10 Å². The third kappa shape index (κ3) is 2.45. The minimum atomic E-state index is -0.492. The van der Waals surface area contributed by atoms with Crippen molar-refractivity contribution < 1.29 is 19.1 Å². The molecule has 0 radical (unpaired) electrons. The van der Waals surface area contributed by atoms with E-state index in [9.17, 15) is 9.59 Å². The molecule has 0 unspecified atom stereocenters. The SMILES string of the molecule is CCOC(=O)N1CCC(=O)[C@H](OC)C1. The quantitative estimate of drug-likeness (QED) is 0.650. The van der Waals surface area contributed by atoms with Gasteiger partial charge >= 0.3 is 6.09 Å². The molecule has 1 amide bonds. The molecule has 0 saturated carbocycles. The number of carbonyl (C=O) groups excluding carboxylic acids is 2. The van der Waals surface area contributed by atoms with Crippen molar-refractivity contribution in [3.05, 3.63) is 0 Å². The maximum Gasteiger partial charge on any atom is 0.409 e. The second-order valence-corrected chi connectivity index (χ2v) is 3.09. The van der Waals surface area contributed by atoms with E-state index in [1.54, 1.807) is 6.92 Å². The molecule has 0 aromatic rings. The largest absolute Gasteiger partial charge is 0.450 e. The molecule has 5 heteroatoms. The number of methoxy groups -OCH3 is 1. The van der Waals surface area contributed by atoms with Crippen molar-refractivity contribution in [3.63, 3.8) is 0 Å². The van der Waals surface area contributed by atoms with E-state index in [1.807, 2.05) is 0 Å². The van der Waals surface area contributed by atoms with E-state index >= 15 is 0 Å². The Hall–Kier alpha value is -1.10. The molecule has 1 atom stereocenters. The van der Waals surface area contributed by atoms with Crippen LogP contribution in [0.1, 0.15) is 13.3 Å². The third-order valence-electron chi connectivity index (χ3n) is 2.18. The summed E-state index contributed by atoms with van der Waals surface area (Å²) in [5, 5.41) is 0. The first-order chi connectivity index (χ1) is 6.69. The topological polar surface area (TPSA) is 55.8 Å². The molecule has 80 valence electrons. The van der Waals surface area contributed by atoms with Crippen molar-refractivity contribution in [2.75, 3.05) is 26.8 Å². The van der Waals surface area contributed by atoms with Gasteiger partial charge in [-0.05, 0) is 6.92 Å². The van der Waals surface area contributed by atoms with Crippen LogP contribution in [0.3, 0.4) is 0 Å². The highest BCUT2D eigenvalue weighted by atomic mass is 16.6. The van der Waals surface area contributed by atoms with E-state index in [2.05, 4.69) is 0 Å². The van der Waals surface area contributed by atoms with Crippen molar-refractivity contribution in [2.45, 2.75) is 19.4 Å². The Morgan fingerprint density at radius 3 is 2.93 bits per heavy atom. The fraction of sp³-hybridized carbons (Fsp3) is 0.778. The minimum absolute atomic E-state index is 0.0491. The molecule has 1 aliphatic rings. The third-order valence-corrected chi connectivity index (χ3v) is 2.18. The number of likely N-dealkylation sites (tertiary alicyclic amines) is 1. The maximum atomic E-state index is 11.3. The van der Waals surface area contributed by atoms with Crippen molar-refractivity contribution in [2.24, 2.45) is 0 Å². The van der Waals surface area contributed by atoms with E-state index in [0.717, 1.165) is 0 Å². The number of ketones is 1. The lowest BCUT2D eigenvalue weighted by molar-refractivity contribution is -0.132. The van der Waals surface area contributed by atoms with Gasteiger partial charge in [0, 0.05) is 20.1 Å². The highest BCUT2D eigenvalue weighted by Gasteiger charge is 2.30. The van der Waals surface area contributed by atoms with Crippen molar-refractivity contribution in [3.8, 4) is 0 Å². The summed E-state index contributed by atoms with van der Waals surface area (Å²) in [6.07, 6.45) is -0.521. The van der Waals surface area contributed by atoms with Crippen LogP contribution < -0.4 is 0 Å². The second-order valence-electron chi connectivity index (χ2n) is 3.09. The number of piperidine rings is 1. The van der Waals surface area contributed by atoms with Gasteiger partial charge in [0.15, 0.2) is 5.78 Å². The fourth-order valence-electron chi connectivity index (χ4n) is 1.39. The van der Waals surface area contributed by atoms with Crippen LogP contribution in [0.15, 0.2) is 0 Å². The lowest BCUT2D eigenvalue weighted by Gasteiger charge is -2.29. The minimum Gasteiger partial charge on any atom is -0.450 e. The first-order valence-corrected chi connectivity index (χ1v) is 4.66. The van der Waals surface area contributed by atoms with Crippen LogP contribution in [-0.4, -0.2) is 49.7 Å². The number of nitrogens with zero attached hydrogens (tertiary/aromatic N) is 1. The summed E-state index contributed by atoms with van der Waals surface area (Å²) in [7, 11) is 1.47. The molecule has 0 aliphatic carbocycles. The highest BCUT2D eigenvalue weighted by Crippen LogP contribution is 2.10. The van der Waals surface area contributed by atoms with Crippen molar-refractivity contribution in [1.82, 2.24) is 4.90 Å². The van der Waals surface area contributed by atoms with Gasteiger partial charge in [-0.25, -0.2) is 4.79 Å². The van der Waals surface area contributed by atoms with Crippen molar-refractivity contribution >= 4 is 11.9 Å². The number of carbonyl (C=O) groups is 2. The zero-order chi connectivity index (χ0) is 10.6. The second kappa shape index (κ2) is 4.95. The van der Waals surface area contributed by atoms with Gasteiger partial charge in [-0.15, -0.1) is 0 Å². The lowest BCUT2D eigenvalue weighted by Crippen LogP contribution is -2.47. The van der Waals surface area contributed by atoms with E-state index in [0.29, 0.717) is 26.1 Å². The molecule has 1 heterocycles. The zero-order valence-corrected chi connectivity index (χ0v) is 8.49. The Kier molecular flexibility index (Phi) is 3.88. The molecule has 1 fully saturated rings. The Labute approximate surface area is 83.0 Å². The van der Waals surface area contributed by atoms with Gasteiger partial charge in [0.25, 0.3) is 0 Å². The van der Waals surface area contributed by atoms with Gasteiger partial charge in [0.05, 0.1) is 13.2 Å². The molecular formula is C9H15NO4. The molecule has 0 N–H and O–H groups in total. The molecular weight excluding hydrogens is 186 g/mol. The molecule has 0 bridgehead atoms. The molecule has 5 nitrogen and oxygen atoms in total. The fourth-order valence-corrected chi connectivity index (χ4v) is 1.39. The first-order valence-electron chi connectivity index (χ1n) is 4.66. The van der Waals surface area contributed by atoms with E-state index in [-0.39, 0.29) is 11.9 Å². The number of amides is 1. The van der Waals surface area contributed by atoms with Gasteiger partial charge in [0.2, 0.25) is 0 Å². The summed E-state index contributed by atoms with van der Waals surface area (Å²) in [6.45, 7) is 2.83. The maximum absolute atomic E-state index is 11.3. The van der Waals surface area contributed by atoms with Crippen LogP contribution in [0.5, 0.6) is 0 Å². The van der Waals surface area contributed by atoms with Crippen molar-refractivity contribution in [1.29, 1.82) is 0 Å². The van der Waals surface area contributed by atoms with Crippen LogP contribution >= 0.6 is 0 Å². The molecule has 1 aliphatic heterocycles. The number of hydrogen-bond acceptors (Lipinski definition) is 4. The van der Waals surface area contributed by atoms with Crippen LogP contribution in [0.25, 0.3) is 0 Å². The van der Waals surface area contributed by atoms with Crippen LogP contribution in [0, 0.1) is 0 Å². The monoisotopic (exact) mass is 201 g/mol. The van der Waals surface area contributed by atoms with Gasteiger partial charge in [-0.3, -0.25) is 4.79 Å². The Balaban J connectivity index is 2.49. The van der Waals surface area contributed by atoms with Crippen LogP contribution in [0.4, 0.5) is 4.79 Å². The van der Waals surface area contributed by atoms with E-state index in [4.69, 9.17) is 9.47 Å². The van der Waals surface area contributed by atoms with Gasteiger partial charge < -0.3 is 14.4 Å². The number of Topliss-reactive ketones (excluding diaryl/α,β-unsaturated/α-hetero) is 1. The molecule has 0 aromatic carbocycles. The number of hydrogen-bond donors (Lipinski definition) is 0. The molecule has 1 saturated heterocycles. The highest BCUT2D eigenvalue weighted by molar-refractivity contribution is 5.85. The average Bonchev–Trinajstić information content (AvgIpc) is 2.19. The lowest BCUT2D eigenvalue weighted by atomic mass is 10.1. The van der Waals surface area contributed by atoms with Gasteiger partial charge in [0.1, 0.15) is 6.10 Å². The van der Waals surface area contributed by atoms with Crippen LogP contribution in [0.2, 0.25) is 0 Å². The summed E-state index contributed by atoms with van der Waals surface area (Å²) in [5.41, 5.74) is 0. The first kappa shape index (κ1) is 11.0. The van der Waals surface area contributed by atoms with Gasteiger partial charge in [-0.2, -0.15) is 0 Å². The summed E-state index contributed by atoms with van der Waals surface area (Å²) >= 11 is 0. The van der Waals surface area contributed by atoms with Gasteiger partial charge in [-0.1, -0.05) is 0 Å². The predicted octanol–water partition coefficient (Wildman–Crippen LogP) is 0.433. The predicted molar refractivity (Wildman–Crippen MR) is 49.0 cm³/mol. The summed E-state index contributed by atoms with van der Waals surface area (Å²) < 4.78 is 9.79. The smallest absolute Gasteiger partial charge is 0.409 e. The number of rotatable bonds is 2. The zero-order valence-electron chi connectivity index (χ0n) is 8.49. The summed E-state index contributed by atoms with van der Waals surface area (Å²) in [6, 6.07) is 0. The van der Waals surface area contributed by atoms with E-state index in [1.165, 1.54) is 12.0 Å². The number of ether oxygens (including phenoxy) is 2. The summed E-state index contributed by atoms with van der Waals surface area (Å²) in [4.78, 5) is 24.0. The standard InChI is InChI=1S/C9H15NO4/c1-3-14-9(12)10-5-4-7(11)8(6-10)13-2/h8H,3-6H2,1-2H3/t8-/m1/s1. The Morgan fingerprint density at radius 2 is 2.36 bits per heavy atom. The summed E-state index contributed by atoms with van der Waals surface area (Å²) in [5.74, 6) is 0.0491. The Bertz CT molecular complexity index is 229. The van der Waals surface area contributed by atoms with Crippen LogP contribution in [-0.2, 0) is 14.3 Å². The molecule has 1 rings (SSSR count). The normalized spacial score (nSPS) is 22.3.